The summed E-state index contributed by atoms with van der Waals surface area (Å²) in [4.78, 5) is 4.26. The lowest BCUT2D eigenvalue weighted by molar-refractivity contribution is 0.298. The molecule has 0 saturated carbocycles. The molecule has 0 unspecified atom stereocenters. The van der Waals surface area contributed by atoms with Crippen LogP contribution < -0.4 is 5.32 Å². The summed E-state index contributed by atoms with van der Waals surface area (Å²) in [6.45, 7) is 2.87. The van der Waals surface area contributed by atoms with Gasteiger partial charge in [0.2, 0.25) is 0 Å². The fourth-order valence-electron chi connectivity index (χ4n) is 1.80. The van der Waals surface area contributed by atoms with Crippen molar-refractivity contribution >= 4 is 5.69 Å². The maximum atomic E-state index is 8.81. The van der Waals surface area contributed by atoms with Gasteiger partial charge in [0.25, 0.3) is 0 Å². The van der Waals surface area contributed by atoms with E-state index in [-0.39, 0.29) is 6.61 Å². The van der Waals surface area contributed by atoms with Crippen molar-refractivity contribution in [1.82, 2.24) is 14.8 Å². The van der Waals surface area contributed by atoms with E-state index in [0.717, 1.165) is 17.1 Å². The van der Waals surface area contributed by atoms with Crippen molar-refractivity contribution in [1.29, 1.82) is 0 Å². The molecule has 0 fully saturated rings. The molecule has 2 aromatic rings. The Hall–Kier alpha value is -1.88. The van der Waals surface area contributed by atoms with Crippen molar-refractivity contribution in [2.45, 2.75) is 19.9 Å². The van der Waals surface area contributed by atoms with Crippen LogP contribution in [0.15, 0.2) is 24.5 Å². The average molecular weight is 246 g/mol. The van der Waals surface area contributed by atoms with E-state index in [1.807, 2.05) is 37.0 Å². The average Bonchev–Trinajstić information content (AvgIpc) is 2.67. The molecule has 0 bridgehead atoms. The van der Waals surface area contributed by atoms with Crippen LogP contribution >= 0.6 is 0 Å². The molecule has 0 aromatic carbocycles. The summed E-state index contributed by atoms with van der Waals surface area (Å²) in [7, 11) is 1.92. The normalized spacial score (nSPS) is 10.6. The van der Waals surface area contributed by atoms with E-state index in [2.05, 4.69) is 15.4 Å². The number of rotatable bonds is 5. The molecule has 0 radical (unpaired) electrons. The van der Waals surface area contributed by atoms with E-state index in [9.17, 15) is 0 Å². The van der Waals surface area contributed by atoms with Crippen LogP contribution in [0.1, 0.15) is 17.0 Å². The molecule has 0 saturated heterocycles. The molecule has 96 valence electrons. The Kier molecular flexibility index (Phi) is 3.94. The zero-order chi connectivity index (χ0) is 13.0. The zero-order valence-corrected chi connectivity index (χ0v) is 10.7. The summed E-state index contributed by atoms with van der Waals surface area (Å²) >= 11 is 0. The highest BCUT2D eigenvalue weighted by Crippen LogP contribution is 2.10. The van der Waals surface area contributed by atoms with Gasteiger partial charge in [-0.15, -0.1) is 0 Å². The van der Waals surface area contributed by atoms with E-state index in [0.29, 0.717) is 13.0 Å². The molecule has 2 N–H and O–H groups in total. The van der Waals surface area contributed by atoms with E-state index in [1.54, 1.807) is 6.20 Å². The van der Waals surface area contributed by atoms with Gasteiger partial charge in [0.05, 0.1) is 24.1 Å². The van der Waals surface area contributed by atoms with Crippen molar-refractivity contribution in [3.8, 4) is 0 Å². The third kappa shape index (κ3) is 3.07. The van der Waals surface area contributed by atoms with Gasteiger partial charge in [0.15, 0.2) is 0 Å². The Labute approximate surface area is 106 Å². The molecule has 0 aliphatic heterocycles. The van der Waals surface area contributed by atoms with Crippen LogP contribution in [0.3, 0.4) is 0 Å². The van der Waals surface area contributed by atoms with E-state index in [1.165, 1.54) is 5.56 Å². The van der Waals surface area contributed by atoms with Gasteiger partial charge in [-0.3, -0.25) is 9.67 Å². The van der Waals surface area contributed by atoms with Crippen LogP contribution in [0.25, 0.3) is 0 Å². The number of pyridine rings is 1. The SMILES string of the molecule is Cc1cn(C)nc1CNc1ccc(CCO)nc1. The summed E-state index contributed by atoms with van der Waals surface area (Å²) in [5, 5.41) is 16.5. The Balaban J connectivity index is 1.95. The van der Waals surface area contributed by atoms with Gasteiger partial charge in [-0.1, -0.05) is 0 Å². The lowest BCUT2D eigenvalue weighted by Gasteiger charge is -2.05. The highest BCUT2D eigenvalue weighted by molar-refractivity contribution is 5.41. The van der Waals surface area contributed by atoms with Crippen molar-refractivity contribution in [2.75, 3.05) is 11.9 Å². The number of aromatic nitrogens is 3. The molecule has 0 spiro atoms. The first-order valence-corrected chi connectivity index (χ1v) is 5.98. The molecule has 0 atom stereocenters. The number of nitrogens with one attached hydrogen (secondary N) is 1. The number of hydrogen-bond donors (Lipinski definition) is 2. The minimum Gasteiger partial charge on any atom is -0.396 e. The molecule has 2 aromatic heterocycles. The van der Waals surface area contributed by atoms with Gasteiger partial charge in [-0.05, 0) is 24.6 Å². The Bertz CT molecular complexity index is 504. The minimum atomic E-state index is 0.132. The maximum Gasteiger partial charge on any atom is 0.0844 e. The fraction of sp³-hybridized carbons (Fsp3) is 0.385. The first-order chi connectivity index (χ1) is 8.69. The smallest absolute Gasteiger partial charge is 0.0844 e. The summed E-state index contributed by atoms with van der Waals surface area (Å²) in [5.74, 6) is 0. The molecule has 0 amide bonds. The lowest BCUT2D eigenvalue weighted by Crippen LogP contribution is -2.03. The Morgan fingerprint density at radius 3 is 2.78 bits per heavy atom. The predicted octanol–water partition coefficient (Wildman–Crippen LogP) is 1.27. The highest BCUT2D eigenvalue weighted by Gasteiger charge is 2.03. The monoisotopic (exact) mass is 246 g/mol. The van der Waals surface area contributed by atoms with Crippen LogP contribution in [0, 0.1) is 6.92 Å². The predicted molar refractivity (Wildman–Crippen MR) is 70.3 cm³/mol. The minimum absolute atomic E-state index is 0.132. The molecule has 2 heterocycles. The second-order valence-corrected chi connectivity index (χ2v) is 4.30. The van der Waals surface area contributed by atoms with Gasteiger partial charge in [0, 0.05) is 32.0 Å². The van der Waals surface area contributed by atoms with Crippen LogP contribution in [-0.4, -0.2) is 26.5 Å². The summed E-state index contributed by atoms with van der Waals surface area (Å²) in [6.07, 6.45) is 4.38. The van der Waals surface area contributed by atoms with E-state index < -0.39 is 0 Å². The van der Waals surface area contributed by atoms with E-state index >= 15 is 0 Å². The number of nitrogens with zero attached hydrogens (tertiary/aromatic N) is 3. The zero-order valence-electron chi connectivity index (χ0n) is 10.7. The molecular weight excluding hydrogens is 228 g/mol. The molecule has 0 aliphatic carbocycles. The van der Waals surface area contributed by atoms with Gasteiger partial charge < -0.3 is 10.4 Å². The van der Waals surface area contributed by atoms with Gasteiger partial charge in [-0.25, -0.2) is 0 Å². The number of aliphatic hydroxyl groups excluding tert-OH is 1. The number of aliphatic hydroxyl groups is 1. The fourth-order valence-corrected chi connectivity index (χ4v) is 1.80. The van der Waals surface area contributed by atoms with Crippen molar-refractivity contribution in [2.24, 2.45) is 7.05 Å². The molecule has 5 nitrogen and oxygen atoms in total. The third-order valence-electron chi connectivity index (χ3n) is 2.77. The van der Waals surface area contributed by atoms with Crippen LogP contribution in [-0.2, 0) is 20.0 Å². The molecular formula is C13H18N4O. The van der Waals surface area contributed by atoms with Crippen LogP contribution in [0.5, 0.6) is 0 Å². The Morgan fingerprint density at radius 1 is 1.39 bits per heavy atom. The summed E-state index contributed by atoms with van der Waals surface area (Å²) in [6, 6.07) is 3.89. The summed E-state index contributed by atoms with van der Waals surface area (Å²) in [5.41, 5.74) is 4.07. The molecule has 2 rings (SSSR count). The van der Waals surface area contributed by atoms with Gasteiger partial charge in [0.1, 0.15) is 0 Å². The van der Waals surface area contributed by atoms with Crippen LogP contribution in [0.4, 0.5) is 5.69 Å². The van der Waals surface area contributed by atoms with Gasteiger partial charge >= 0.3 is 0 Å². The second-order valence-electron chi connectivity index (χ2n) is 4.30. The first-order valence-electron chi connectivity index (χ1n) is 5.98. The van der Waals surface area contributed by atoms with Crippen molar-refractivity contribution in [3.05, 3.63) is 41.5 Å². The molecule has 0 aliphatic rings. The van der Waals surface area contributed by atoms with E-state index in [4.69, 9.17) is 5.11 Å². The van der Waals surface area contributed by atoms with Crippen LogP contribution in [0.2, 0.25) is 0 Å². The number of hydrogen-bond acceptors (Lipinski definition) is 4. The molecule has 18 heavy (non-hydrogen) atoms. The quantitative estimate of drug-likeness (QED) is 0.834. The standard InChI is InChI=1S/C13H18N4O/c1-10-9-17(2)16-13(10)8-15-12-4-3-11(5-6-18)14-7-12/h3-4,7,9,15,18H,5-6,8H2,1-2H3. The highest BCUT2D eigenvalue weighted by atomic mass is 16.3. The maximum absolute atomic E-state index is 8.81. The second kappa shape index (κ2) is 5.64. The molecule has 5 heteroatoms. The first kappa shape index (κ1) is 12.6. The Morgan fingerprint density at radius 2 is 2.22 bits per heavy atom. The largest absolute Gasteiger partial charge is 0.396 e. The number of aryl methyl sites for hydroxylation is 2. The van der Waals surface area contributed by atoms with Gasteiger partial charge in [-0.2, -0.15) is 5.10 Å². The topological polar surface area (TPSA) is 63.0 Å². The summed E-state index contributed by atoms with van der Waals surface area (Å²) < 4.78 is 1.81. The van der Waals surface area contributed by atoms with Crippen molar-refractivity contribution in [3.63, 3.8) is 0 Å². The van der Waals surface area contributed by atoms with Crippen molar-refractivity contribution < 1.29 is 5.11 Å². The lowest BCUT2D eigenvalue weighted by atomic mass is 10.2. The number of anilines is 1. The third-order valence-corrected chi connectivity index (χ3v) is 2.77.